The van der Waals surface area contributed by atoms with Crippen molar-refractivity contribution in [3.63, 3.8) is 0 Å². The zero-order valence-corrected chi connectivity index (χ0v) is 18.6. The Bertz CT molecular complexity index is 412. The van der Waals surface area contributed by atoms with Crippen LogP contribution in [-0.4, -0.2) is 50.5 Å². The molecule has 1 aliphatic rings. The van der Waals surface area contributed by atoms with Crippen molar-refractivity contribution in [3.8, 4) is 0 Å². The molecule has 5 N–H and O–H groups in total. The van der Waals surface area contributed by atoms with Crippen LogP contribution in [0.4, 0.5) is 0 Å². The van der Waals surface area contributed by atoms with Crippen molar-refractivity contribution in [2.24, 2.45) is 5.73 Å². The van der Waals surface area contributed by atoms with Gasteiger partial charge in [0.15, 0.2) is 0 Å². The fraction of sp³-hybridized carbons (Fsp3) is 0.913. The Kier molecular flexibility index (Phi) is 17.1. The number of nitrogens with two attached hydrogens (primary N) is 1. The Morgan fingerprint density at radius 1 is 0.793 bits per heavy atom. The lowest BCUT2D eigenvalue weighted by Crippen LogP contribution is -2.40. The maximum absolute atomic E-state index is 11.9. The van der Waals surface area contributed by atoms with E-state index in [1.54, 1.807) is 0 Å². The Morgan fingerprint density at radius 2 is 1.38 bits per heavy atom. The third-order valence-electron chi connectivity index (χ3n) is 5.68. The van der Waals surface area contributed by atoms with Crippen LogP contribution in [0, 0.1) is 0 Å². The predicted molar refractivity (Wildman–Crippen MR) is 121 cm³/mol. The van der Waals surface area contributed by atoms with Crippen molar-refractivity contribution in [1.82, 2.24) is 16.0 Å². The Labute approximate surface area is 178 Å². The number of unbranched alkanes of at least 4 members (excludes halogenated alkanes) is 8. The highest BCUT2D eigenvalue weighted by Gasteiger charge is 2.20. The summed E-state index contributed by atoms with van der Waals surface area (Å²) in [5, 5.41) is 9.62. The summed E-state index contributed by atoms with van der Waals surface area (Å²) in [6.45, 7) is 4.61. The third-order valence-corrected chi connectivity index (χ3v) is 5.68. The highest BCUT2D eigenvalue weighted by atomic mass is 16.2. The molecule has 1 amide bonds. The fourth-order valence-electron chi connectivity index (χ4n) is 3.80. The lowest BCUT2D eigenvalue weighted by atomic mass is 10.0. The summed E-state index contributed by atoms with van der Waals surface area (Å²) in [6.07, 6.45) is 16.1. The summed E-state index contributed by atoms with van der Waals surface area (Å²) in [5.41, 5.74) is 5.46. The lowest BCUT2D eigenvalue weighted by molar-refractivity contribution is -0.123. The summed E-state index contributed by atoms with van der Waals surface area (Å²) < 4.78 is 0. The van der Waals surface area contributed by atoms with Crippen molar-refractivity contribution in [1.29, 1.82) is 0 Å². The first kappa shape index (κ1) is 26.1. The van der Waals surface area contributed by atoms with E-state index in [1.165, 1.54) is 38.5 Å². The van der Waals surface area contributed by atoms with Crippen LogP contribution in [0.25, 0.3) is 0 Å². The Balaban J connectivity index is 1.76. The van der Waals surface area contributed by atoms with Gasteiger partial charge in [0.2, 0.25) is 5.91 Å². The second kappa shape index (κ2) is 19.0. The van der Waals surface area contributed by atoms with Gasteiger partial charge in [-0.05, 0) is 71.1 Å². The van der Waals surface area contributed by atoms with Gasteiger partial charge in [0.05, 0.1) is 6.04 Å². The number of amides is 1. The largest absolute Gasteiger partial charge is 0.355 e. The topological polar surface area (TPSA) is 96.2 Å². The van der Waals surface area contributed by atoms with Crippen molar-refractivity contribution in [2.45, 2.75) is 102 Å². The van der Waals surface area contributed by atoms with Crippen LogP contribution in [0.3, 0.4) is 0 Å². The van der Waals surface area contributed by atoms with E-state index < -0.39 is 0 Å². The maximum atomic E-state index is 11.9. The molecule has 0 spiro atoms. The Morgan fingerprint density at radius 3 is 2.03 bits per heavy atom. The smallest absolute Gasteiger partial charge is 0.237 e. The van der Waals surface area contributed by atoms with Gasteiger partial charge in [0, 0.05) is 19.4 Å². The molecular formula is C23H46N4O2. The second-order valence-electron chi connectivity index (χ2n) is 8.41. The van der Waals surface area contributed by atoms with Crippen LogP contribution in [0.2, 0.25) is 0 Å². The van der Waals surface area contributed by atoms with Gasteiger partial charge in [-0.25, -0.2) is 0 Å². The van der Waals surface area contributed by atoms with Gasteiger partial charge in [0.25, 0.3) is 0 Å². The molecule has 1 rings (SSSR count). The molecule has 0 bridgehead atoms. The van der Waals surface area contributed by atoms with E-state index in [0.717, 1.165) is 84.1 Å². The highest BCUT2D eigenvalue weighted by Crippen LogP contribution is 2.11. The summed E-state index contributed by atoms with van der Waals surface area (Å²) in [6, 6.07) is 0.0139. The average molecular weight is 411 g/mol. The maximum Gasteiger partial charge on any atom is 0.237 e. The molecule has 6 heteroatoms. The molecule has 170 valence electrons. The summed E-state index contributed by atoms with van der Waals surface area (Å²) in [7, 11) is 0. The van der Waals surface area contributed by atoms with E-state index >= 15 is 0 Å². The van der Waals surface area contributed by atoms with Gasteiger partial charge < -0.3 is 21.7 Å². The highest BCUT2D eigenvalue weighted by molar-refractivity contribution is 5.81. The number of hydrogen-bond acceptors (Lipinski definition) is 5. The van der Waals surface area contributed by atoms with Crippen LogP contribution in [0.15, 0.2) is 0 Å². The van der Waals surface area contributed by atoms with Crippen LogP contribution in [0.5, 0.6) is 0 Å². The van der Waals surface area contributed by atoms with Gasteiger partial charge in [-0.1, -0.05) is 38.5 Å². The van der Waals surface area contributed by atoms with E-state index in [4.69, 9.17) is 5.73 Å². The van der Waals surface area contributed by atoms with E-state index in [-0.39, 0.29) is 11.9 Å². The van der Waals surface area contributed by atoms with Gasteiger partial charge in [-0.3, -0.25) is 9.59 Å². The minimum Gasteiger partial charge on any atom is -0.355 e. The van der Waals surface area contributed by atoms with Crippen LogP contribution < -0.4 is 21.7 Å². The van der Waals surface area contributed by atoms with Crippen molar-refractivity contribution >= 4 is 11.7 Å². The van der Waals surface area contributed by atoms with Gasteiger partial charge in [-0.15, -0.1) is 0 Å². The van der Waals surface area contributed by atoms with E-state index in [1.807, 2.05) is 0 Å². The number of carbonyl (C=O) groups excluding carboxylic acids is 2. The van der Waals surface area contributed by atoms with Crippen LogP contribution in [0.1, 0.15) is 96.3 Å². The molecule has 1 aliphatic heterocycles. The molecule has 0 aromatic rings. The summed E-state index contributed by atoms with van der Waals surface area (Å²) in [5.74, 6) is 0.547. The summed E-state index contributed by atoms with van der Waals surface area (Å²) >= 11 is 0. The molecule has 1 unspecified atom stereocenters. The normalized spacial score (nSPS) is 16.2. The molecule has 0 saturated carbocycles. The average Bonchev–Trinajstić information content (AvgIpc) is 3.26. The number of nitrogens with one attached hydrogen (secondary N) is 3. The van der Waals surface area contributed by atoms with Crippen molar-refractivity contribution < 1.29 is 9.59 Å². The molecular weight excluding hydrogens is 364 g/mol. The zero-order valence-electron chi connectivity index (χ0n) is 18.6. The van der Waals surface area contributed by atoms with Crippen LogP contribution >= 0.6 is 0 Å². The number of Topliss-reactive ketones (excluding diaryl/α,β-unsaturated/α-hetero) is 1. The van der Waals surface area contributed by atoms with E-state index in [2.05, 4.69) is 16.0 Å². The second-order valence-corrected chi connectivity index (χ2v) is 8.41. The molecule has 6 nitrogen and oxygen atoms in total. The fourth-order valence-corrected chi connectivity index (χ4v) is 3.80. The zero-order chi connectivity index (χ0) is 21.0. The molecule has 0 aliphatic carbocycles. The van der Waals surface area contributed by atoms with Crippen molar-refractivity contribution in [3.05, 3.63) is 0 Å². The van der Waals surface area contributed by atoms with Gasteiger partial charge in [0.1, 0.15) is 5.78 Å². The predicted octanol–water partition coefficient (Wildman–Crippen LogP) is 3.04. The lowest BCUT2D eigenvalue weighted by Gasteiger charge is -2.10. The standard InChI is InChI=1S/C23H46N4O2/c24-16-12-18-25-17-9-5-3-1-2-4-7-13-21(28)14-8-6-10-19-27-23(29)22-15-11-20-26-22/h22,25-26H,1-20,24H2,(H,27,29). The molecule has 0 aromatic carbocycles. The Hall–Kier alpha value is -0.980. The van der Waals surface area contributed by atoms with Crippen LogP contribution in [-0.2, 0) is 9.59 Å². The van der Waals surface area contributed by atoms with Crippen molar-refractivity contribution in [2.75, 3.05) is 32.7 Å². The first-order chi connectivity index (χ1) is 14.2. The molecule has 29 heavy (non-hydrogen) atoms. The quantitative estimate of drug-likeness (QED) is 0.231. The minimum absolute atomic E-state index is 0.0139. The molecule has 1 saturated heterocycles. The SMILES string of the molecule is NCCCNCCCCCCCCCC(=O)CCCCCNC(=O)C1CCCN1. The summed E-state index contributed by atoms with van der Waals surface area (Å²) in [4.78, 5) is 23.8. The molecule has 0 aromatic heterocycles. The third kappa shape index (κ3) is 15.5. The first-order valence-electron chi connectivity index (χ1n) is 12.2. The molecule has 0 radical (unpaired) electrons. The van der Waals surface area contributed by atoms with E-state index in [0.29, 0.717) is 12.2 Å². The molecule has 1 heterocycles. The molecule has 1 atom stereocenters. The first-order valence-corrected chi connectivity index (χ1v) is 12.2. The number of carbonyl (C=O) groups is 2. The minimum atomic E-state index is 0.0139. The molecule has 1 fully saturated rings. The number of ketones is 1. The number of hydrogen-bond donors (Lipinski definition) is 4. The van der Waals surface area contributed by atoms with Gasteiger partial charge >= 0.3 is 0 Å². The van der Waals surface area contributed by atoms with Gasteiger partial charge in [-0.2, -0.15) is 0 Å². The van der Waals surface area contributed by atoms with E-state index in [9.17, 15) is 9.59 Å². The number of rotatable bonds is 20. The monoisotopic (exact) mass is 410 g/mol.